The van der Waals surface area contributed by atoms with Gasteiger partial charge in [0.15, 0.2) is 0 Å². The van der Waals surface area contributed by atoms with Crippen LogP contribution in [-0.4, -0.2) is 31.1 Å². The van der Waals surface area contributed by atoms with Crippen molar-refractivity contribution in [1.29, 1.82) is 0 Å². The van der Waals surface area contributed by atoms with E-state index in [9.17, 15) is 9.59 Å². The first kappa shape index (κ1) is 26.7. The molecule has 2 fully saturated rings. The van der Waals surface area contributed by atoms with Crippen molar-refractivity contribution in [1.82, 2.24) is 19.4 Å². The molecule has 214 valence electrons. The number of thiophene rings is 1. The third-order valence-corrected chi connectivity index (χ3v) is 10.2. The largest absolute Gasteiger partial charge is 0.478 e. The summed E-state index contributed by atoms with van der Waals surface area (Å²) < 4.78 is 4.32. The number of carboxylic acid groups (broad SMARTS) is 1. The maximum atomic E-state index is 13.9. The Balaban J connectivity index is 1.24. The molecule has 8 heteroatoms. The predicted octanol–water partition coefficient (Wildman–Crippen LogP) is 7.36. The molecule has 3 heterocycles. The van der Waals surface area contributed by atoms with Gasteiger partial charge in [0, 0.05) is 36.6 Å². The lowest BCUT2D eigenvalue weighted by Gasteiger charge is -2.41. The highest BCUT2D eigenvalue weighted by Gasteiger charge is 2.44. The lowest BCUT2D eigenvalue weighted by Crippen LogP contribution is -2.52. The Morgan fingerprint density at radius 3 is 2.52 bits per heavy atom. The van der Waals surface area contributed by atoms with E-state index in [1.807, 2.05) is 35.9 Å². The first-order valence-electron chi connectivity index (χ1n) is 14.7. The molecule has 0 aliphatic heterocycles. The Hall–Kier alpha value is -4.17. The molecule has 3 aromatic heterocycles. The molecule has 0 spiro atoms. The second-order valence-electron chi connectivity index (χ2n) is 11.8. The molecule has 7 rings (SSSR count). The summed E-state index contributed by atoms with van der Waals surface area (Å²) >= 11 is 1.77. The second kappa shape index (κ2) is 10.3. The third kappa shape index (κ3) is 4.36. The van der Waals surface area contributed by atoms with Gasteiger partial charge in [0.2, 0.25) is 0 Å². The molecule has 2 aromatic carbocycles. The van der Waals surface area contributed by atoms with Crippen LogP contribution in [0, 0.1) is 0 Å². The van der Waals surface area contributed by atoms with Gasteiger partial charge in [-0.3, -0.25) is 4.79 Å². The quantitative estimate of drug-likeness (QED) is 0.198. The van der Waals surface area contributed by atoms with Gasteiger partial charge in [-0.1, -0.05) is 31.0 Å². The van der Waals surface area contributed by atoms with Crippen molar-refractivity contribution in [2.75, 3.05) is 0 Å². The molecule has 1 amide bonds. The normalized spacial score (nSPS) is 16.9. The van der Waals surface area contributed by atoms with Gasteiger partial charge in [-0.25, -0.2) is 9.78 Å². The molecule has 2 aliphatic carbocycles. The zero-order chi connectivity index (χ0) is 29.0. The lowest BCUT2D eigenvalue weighted by molar-refractivity contribution is -0.131. The Bertz CT molecular complexity index is 1870. The average molecular weight is 579 g/mol. The number of hydrogen-bond donors (Lipinski definition) is 2. The van der Waals surface area contributed by atoms with Crippen LogP contribution < -0.4 is 5.32 Å². The van der Waals surface area contributed by atoms with Crippen molar-refractivity contribution in [3.63, 3.8) is 0 Å². The number of carboxylic acids is 1. The molecule has 0 atom stereocenters. The number of aromatic nitrogens is 3. The topological polar surface area (TPSA) is 89.2 Å². The van der Waals surface area contributed by atoms with E-state index in [1.165, 1.54) is 47.2 Å². The number of fused-ring (bicyclic) bond motifs is 2. The molecule has 42 heavy (non-hydrogen) atoms. The zero-order valence-electron chi connectivity index (χ0n) is 23.9. The van der Waals surface area contributed by atoms with Crippen molar-refractivity contribution >= 4 is 51.2 Å². The highest BCUT2D eigenvalue weighted by Crippen LogP contribution is 2.46. The fourth-order valence-electron chi connectivity index (χ4n) is 7.08. The minimum atomic E-state index is -0.983. The maximum Gasteiger partial charge on any atom is 0.328 e. The highest BCUT2D eigenvalue weighted by molar-refractivity contribution is 7.13. The number of hydrogen-bond acceptors (Lipinski definition) is 4. The summed E-state index contributed by atoms with van der Waals surface area (Å²) in [5, 5.41) is 15.8. The SMILES string of the molecule is Cn1c(C2(NC(=O)c3ccc4c(C5CCCC5)c(-c5cccs5)n(C)c4c3)CCC2)nc2ccc(/C=C/C(=O)O)cc21. The first-order valence-corrected chi connectivity index (χ1v) is 15.6. The average Bonchev–Trinajstić information content (AvgIpc) is 3.77. The fraction of sp³-hybridized carbons (Fsp3) is 0.324. The van der Waals surface area contributed by atoms with E-state index in [-0.39, 0.29) is 5.91 Å². The van der Waals surface area contributed by atoms with Gasteiger partial charge in [0.05, 0.1) is 27.1 Å². The Labute approximate surface area is 248 Å². The second-order valence-corrected chi connectivity index (χ2v) is 12.8. The van der Waals surface area contributed by atoms with Crippen molar-refractivity contribution in [3.05, 3.63) is 82.5 Å². The van der Waals surface area contributed by atoms with E-state index in [0.717, 1.165) is 53.3 Å². The number of aliphatic carboxylic acids is 1. The summed E-state index contributed by atoms with van der Waals surface area (Å²) in [7, 11) is 4.10. The van der Waals surface area contributed by atoms with Crippen molar-refractivity contribution in [2.24, 2.45) is 14.1 Å². The lowest BCUT2D eigenvalue weighted by atomic mass is 9.75. The summed E-state index contributed by atoms with van der Waals surface area (Å²) in [6.45, 7) is 0. The van der Waals surface area contributed by atoms with Gasteiger partial charge < -0.3 is 19.6 Å². The molecule has 2 saturated carbocycles. The number of amides is 1. The monoisotopic (exact) mass is 578 g/mol. The van der Waals surface area contributed by atoms with Gasteiger partial charge in [0.25, 0.3) is 5.91 Å². The van der Waals surface area contributed by atoms with Crippen LogP contribution in [0.15, 0.2) is 60.0 Å². The molecule has 0 unspecified atom stereocenters. The molecule has 2 aliphatic rings. The number of imidazole rings is 1. The standard InChI is InChI=1S/C34H34N4O3S/c1-37-26-20-23(12-13-24(26)30(22-7-3-4-8-22)31(37)28-9-5-18-42-28)32(41)36-34(16-6-17-34)33-35-25-14-10-21(11-15-29(39)40)19-27(25)38(33)2/h5,9-15,18-20,22H,3-4,6-8,16-17H2,1-2H3,(H,36,41)(H,39,40)/b15-11+. The van der Waals surface area contributed by atoms with E-state index in [1.54, 1.807) is 17.4 Å². The van der Waals surface area contributed by atoms with Crippen molar-refractivity contribution in [3.8, 4) is 10.6 Å². The minimum absolute atomic E-state index is 0.0879. The fourth-order valence-corrected chi connectivity index (χ4v) is 7.90. The summed E-state index contributed by atoms with van der Waals surface area (Å²) in [6, 6.07) is 16.2. The Morgan fingerprint density at radius 1 is 1.02 bits per heavy atom. The van der Waals surface area contributed by atoms with Crippen molar-refractivity contribution in [2.45, 2.75) is 56.4 Å². The Morgan fingerprint density at radius 2 is 1.83 bits per heavy atom. The van der Waals surface area contributed by atoms with Crippen LogP contribution >= 0.6 is 11.3 Å². The minimum Gasteiger partial charge on any atom is -0.478 e. The molecule has 2 N–H and O–H groups in total. The maximum absolute atomic E-state index is 13.9. The van der Waals surface area contributed by atoms with Gasteiger partial charge in [-0.15, -0.1) is 11.3 Å². The molecular formula is C34H34N4O3S. The Kier molecular flexibility index (Phi) is 6.54. The van der Waals surface area contributed by atoms with Crippen LogP contribution in [0.5, 0.6) is 0 Å². The highest BCUT2D eigenvalue weighted by atomic mass is 32.1. The van der Waals surface area contributed by atoms with Gasteiger partial charge in [-0.2, -0.15) is 0 Å². The van der Waals surface area contributed by atoms with Crippen LogP contribution in [0.25, 0.3) is 38.6 Å². The summed E-state index contributed by atoms with van der Waals surface area (Å²) in [6.07, 6.45) is 10.4. The number of rotatable bonds is 7. The molecular weight excluding hydrogens is 544 g/mol. The zero-order valence-corrected chi connectivity index (χ0v) is 24.7. The molecule has 7 nitrogen and oxygen atoms in total. The van der Waals surface area contributed by atoms with Gasteiger partial charge in [-0.05, 0) is 90.9 Å². The molecule has 0 bridgehead atoms. The summed E-state index contributed by atoms with van der Waals surface area (Å²) in [4.78, 5) is 31.1. The van der Waals surface area contributed by atoms with Crippen LogP contribution in [-0.2, 0) is 24.4 Å². The van der Waals surface area contributed by atoms with Crippen LogP contribution in [0.3, 0.4) is 0 Å². The third-order valence-electron chi connectivity index (χ3n) is 9.33. The first-order chi connectivity index (χ1) is 20.3. The van der Waals surface area contributed by atoms with Gasteiger partial charge in [0.1, 0.15) is 5.82 Å². The van der Waals surface area contributed by atoms with Gasteiger partial charge >= 0.3 is 5.97 Å². The van der Waals surface area contributed by atoms with E-state index in [2.05, 4.69) is 46.6 Å². The van der Waals surface area contributed by atoms with Crippen molar-refractivity contribution < 1.29 is 14.7 Å². The molecule has 5 aromatic rings. The predicted molar refractivity (Wildman–Crippen MR) is 168 cm³/mol. The van der Waals surface area contributed by atoms with E-state index in [4.69, 9.17) is 10.1 Å². The van der Waals surface area contributed by atoms with Crippen LogP contribution in [0.1, 0.15) is 78.2 Å². The summed E-state index contributed by atoms with van der Waals surface area (Å²) in [5.41, 5.74) is 6.47. The number of carbonyl (C=O) groups is 2. The number of benzene rings is 2. The van der Waals surface area contributed by atoms with E-state index < -0.39 is 11.5 Å². The summed E-state index contributed by atoms with van der Waals surface area (Å²) in [5.74, 6) is 0.319. The van der Waals surface area contributed by atoms with E-state index in [0.29, 0.717) is 11.5 Å². The van der Waals surface area contributed by atoms with Crippen LogP contribution in [0.4, 0.5) is 0 Å². The number of aryl methyl sites for hydroxylation is 2. The molecule has 0 radical (unpaired) electrons. The molecule has 0 saturated heterocycles. The smallest absolute Gasteiger partial charge is 0.328 e. The number of carbonyl (C=O) groups excluding carboxylic acids is 1. The number of nitrogens with one attached hydrogen (secondary N) is 1. The number of nitrogens with zero attached hydrogens (tertiary/aromatic N) is 3. The van der Waals surface area contributed by atoms with E-state index >= 15 is 0 Å². The van der Waals surface area contributed by atoms with Crippen LogP contribution in [0.2, 0.25) is 0 Å².